The molecule has 1 N–H and O–H groups in total. The van der Waals surface area contributed by atoms with Gasteiger partial charge in [0.1, 0.15) is 0 Å². The summed E-state index contributed by atoms with van der Waals surface area (Å²) in [5.74, 6) is 0.213. The lowest BCUT2D eigenvalue weighted by atomic mass is 9.92. The van der Waals surface area contributed by atoms with E-state index in [4.69, 9.17) is 5.26 Å². The molecule has 3 heteroatoms. The van der Waals surface area contributed by atoms with Crippen molar-refractivity contribution in [2.75, 3.05) is 13.6 Å². The number of benzene rings is 1. The van der Waals surface area contributed by atoms with Crippen molar-refractivity contribution in [3.05, 3.63) is 35.4 Å². The maximum absolute atomic E-state index is 10.2. The normalized spacial score (nSPS) is 14.6. The summed E-state index contributed by atoms with van der Waals surface area (Å²) in [6, 6.07) is 9.72. The van der Waals surface area contributed by atoms with Gasteiger partial charge in [0.15, 0.2) is 0 Å². The van der Waals surface area contributed by atoms with E-state index in [1.165, 1.54) is 0 Å². The number of aliphatic hydroxyl groups is 1. The molecule has 98 valence electrons. The van der Waals surface area contributed by atoms with E-state index in [1.54, 1.807) is 6.07 Å². The van der Waals surface area contributed by atoms with Gasteiger partial charge in [-0.1, -0.05) is 26.0 Å². The zero-order valence-corrected chi connectivity index (χ0v) is 11.6. The molecule has 0 aliphatic heterocycles. The Bertz CT molecular complexity index is 432. The monoisotopic (exact) mass is 246 g/mol. The maximum atomic E-state index is 10.2. The predicted molar refractivity (Wildman–Crippen MR) is 73.0 cm³/mol. The second-order valence-electron chi connectivity index (χ2n) is 5.50. The van der Waals surface area contributed by atoms with Crippen LogP contribution in [0.3, 0.4) is 0 Å². The highest BCUT2D eigenvalue weighted by Crippen LogP contribution is 2.18. The number of likely N-dealkylation sites (N-methyl/N-ethyl adjacent to an activating group) is 1. The van der Waals surface area contributed by atoms with E-state index in [2.05, 4.69) is 11.0 Å². The van der Waals surface area contributed by atoms with Crippen molar-refractivity contribution in [1.82, 2.24) is 4.90 Å². The van der Waals surface area contributed by atoms with Crippen LogP contribution in [-0.4, -0.2) is 29.2 Å². The molecule has 18 heavy (non-hydrogen) atoms. The molecule has 1 atom stereocenters. The lowest BCUT2D eigenvalue weighted by Crippen LogP contribution is -2.42. The Morgan fingerprint density at radius 2 is 2.11 bits per heavy atom. The molecule has 0 aliphatic carbocycles. The zero-order valence-electron chi connectivity index (χ0n) is 11.6. The predicted octanol–water partition coefficient (Wildman–Crippen LogP) is 2.40. The minimum Gasteiger partial charge on any atom is -0.389 e. The average molecular weight is 246 g/mol. The summed E-state index contributed by atoms with van der Waals surface area (Å²) in [5, 5.41) is 19.1. The summed E-state index contributed by atoms with van der Waals surface area (Å²) >= 11 is 0. The number of nitriles is 1. The van der Waals surface area contributed by atoms with Gasteiger partial charge in [0.2, 0.25) is 0 Å². The van der Waals surface area contributed by atoms with Crippen LogP contribution < -0.4 is 0 Å². The molecule has 0 radical (unpaired) electrons. The first-order chi connectivity index (χ1) is 8.35. The molecule has 0 spiro atoms. The van der Waals surface area contributed by atoms with E-state index in [-0.39, 0.29) is 5.92 Å². The smallest absolute Gasteiger partial charge is 0.0991 e. The van der Waals surface area contributed by atoms with Crippen molar-refractivity contribution < 1.29 is 5.11 Å². The molecule has 1 rings (SSSR count). The molecular weight excluding hydrogens is 224 g/mol. The van der Waals surface area contributed by atoms with Gasteiger partial charge in [-0.15, -0.1) is 0 Å². The standard InChI is InChI=1S/C15H22N2O/c1-12(2)15(3,18)11-17(4)10-14-7-5-6-13(8-14)9-16/h5-8,12,18H,10-11H2,1-4H3. The van der Waals surface area contributed by atoms with Crippen molar-refractivity contribution in [2.24, 2.45) is 5.92 Å². The number of hydrogen-bond acceptors (Lipinski definition) is 3. The Balaban J connectivity index is 2.65. The first kappa shape index (κ1) is 14.7. The van der Waals surface area contributed by atoms with Gasteiger partial charge in [0.05, 0.1) is 17.2 Å². The second kappa shape index (κ2) is 5.99. The van der Waals surface area contributed by atoms with Crippen LogP contribution in [0.2, 0.25) is 0 Å². The molecule has 0 aliphatic rings. The van der Waals surface area contributed by atoms with Crippen LogP contribution in [0.15, 0.2) is 24.3 Å². The zero-order chi connectivity index (χ0) is 13.8. The fourth-order valence-corrected chi connectivity index (χ4v) is 1.84. The Morgan fingerprint density at radius 1 is 1.44 bits per heavy atom. The van der Waals surface area contributed by atoms with E-state index < -0.39 is 5.60 Å². The molecule has 0 bridgehead atoms. The summed E-state index contributed by atoms with van der Waals surface area (Å²) in [6.45, 7) is 7.24. The van der Waals surface area contributed by atoms with Crippen LogP contribution >= 0.6 is 0 Å². The second-order valence-corrected chi connectivity index (χ2v) is 5.50. The molecule has 0 heterocycles. The van der Waals surface area contributed by atoms with Crippen molar-refractivity contribution in [2.45, 2.75) is 32.9 Å². The van der Waals surface area contributed by atoms with Crippen LogP contribution in [0.4, 0.5) is 0 Å². The van der Waals surface area contributed by atoms with Crippen LogP contribution in [0, 0.1) is 17.2 Å². The Kier molecular flexibility index (Phi) is 4.89. The molecule has 1 aromatic rings. The van der Waals surface area contributed by atoms with Gasteiger partial charge in [0.25, 0.3) is 0 Å². The molecule has 0 saturated carbocycles. The van der Waals surface area contributed by atoms with E-state index in [9.17, 15) is 5.11 Å². The summed E-state index contributed by atoms with van der Waals surface area (Å²) in [5.41, 5.74) is 1.08. The summed E-state index contributed by atoms with van der Waals surface area (Å²) in [6.07, 6.45) is 0. The third-order valence-electron chi connectivity index (χ3n) is 3.34. The molecule has 0 saturated heterocycles. The fraction of sp³-hybridized carbons (Fsp3) is 0.533. The third kappa shape index (κ3) is 4.14. The minimum atomic E-state index is -0.693. The van der Waals surface area contributed by atoms with Gasteiger partial charge in [-0.2, -0.15) is 5.26 Å². The number of nitrogens with zero attached hydrogens (tertiary/aromatic N) is 2. The Hall–Kier alpha value is -1.37. The topological polar surface area (TPSA) is 47.3 Å². The minimum absolute atomic E-state index is 0.213. The molecule has 0 amide bonds. The lowest BCUT2D eigenvalue weighted by molar-refractivity contribution is -0.0146. The van der Waals surface area contributed by atoms with Gasteiger partial charge in [0, 0.05) is 13.1 Å². The lowest BCUT2D eigenvalue weighted by Gasteiger charge is -2.32. The molecule has 0 aromatic heterocycles. The van der Waals surface area contributed by atoms with E-state index in [0.717, 1.165) is 12.1 Å². The van der Waals surface area contributed by atoms with E-state index >= 15 is 0 Å². The fourth-order valence-electron chi connectivity index (χ4n) is 1.84. The third-order valence-corrected chi connectivity index (χ3v) is 3.34. The molecular formula is C15H22N2O. The Morgan fingerprint density at radius 3 is 2.67 bits per heavy atom. The Labute approximate surface area is 110 Å². The molecule has 1 unspecified atom stereocenters. The SMILES string of the molecule is CC(C)C(C)(O)CN(C)Cc1cccc(C#N)c1. The molecule has 0 fully saturated rings. The van der Waals surface area contributed by atoms with E-state index in [0.29, 0.717) is 12.1 Å². The molecule has 1 aromatic carbocycles. The summed E-state index contributed by atoms with van der Waals surface area (Å²) in [4.78, 5) is 2.08. The van der Waals surface area contributed by atoms with Gasteiger partial charge in [-0.05, 0) is 37.6 Å². The van der Waals surface area contributed by atoms with E-state index in [1.807, 2.05) is 46.0 Å². The first-order valence-electron chi connectivity index (χ1n) is 6.25. The highest BCUT2D eigenvalue weighted by Gasteiger charge is 2.26. The quantitative estimate of drug-likeness (QED) is 0.867. The van der Waals surface area contributed by atoms with Crippen LogP contribution in [0.5, 0.6) is 0 Å². The number of rotatable bonds is 5. The van der Waals surface area contributed by atoms with Crippen LogP contribution in [0.1, 0.15) is 31.9 Å². The van der Waals surface area contributed by atoms with Gasteiger partial charge in [-0.25, -0.2) is 0 Å². The van der Waals surface area contributed by atoms with Crippen LogP contribution in [-0.2, 0) is 6.54 Å². The highest BCUT2D eigenvalue weighted by molar-refractivity contribution is 5.32. The summed E-state index contributed by atoms with van der Waals surface area (Å²) in [7, 11) is 1.98. The van der Waals surface area contributed by atoms with Crippen molar-refractivity contribution in [3.8, 4) is 6.07 Å². The van der Waals surface area contributed by atoms with Gasteiger partial charge < -0.3 is 5.11 Å². The van der Waals surface area contributed by atoms with Crippen molar-refractivity contribution in [3.63, 3.8) is 0 Å². The average Bonchev–Trinajstić information content (AvgIpc) is 2.28. The largest absolute Gasteiger partial charge is 0.389 e. The molecule has 3 nitrogen and oxygen atoms in total. The first-order valence-corrected chi connectivity index (χ1v) is 6.25. The van der Waals surface area contributed by atoms with Gasteiger partial charge in [-0.3, -0.25) is 4.90 Å². The van der Waals surface area contributed by atoms with Crippen molar-refractivity contribution in [1.29, 1.82) is 5.26 Å². The number of hydrogen-bond donors (Lipinski definition) is 1. The van der Waals surface area contributed by atoms with Crippen LogP contribution in [0.25, 0.3) is 0 Å². The summed E-state index contributed by atoms with van der Waals surface area (Å²) < 4.78 is 0. The maximum Gasteiger partial charge on any atom is 0.0991 e. The highest BCUT2D eigenvalue weighted by atomic mass is 16.3. The van der Waals surface area contributed by atoms with Gasteiger partial charge >= 0.3 is 0 Å². The van der Waals surface area contributed by atoms with Crippen molar-refractivity contribution >= 4 is 0 Å².